The molecule has 0 fully saturated rings. The second-order valence-electron chi connectivity index (χ2n) is 5.64. The molecule has 0 aromatic heterocycles. The summed E-state index contributed by atoms with van der Waals surface area (Å²) in [5, 5.41) is 20.8. The minimum absolute atomic E-state index is 0.0206. The third-order valence-electron chi connectivity index (χ3n) is 3.75. The van der Waals surface area contributed by atoms with E-state index < -0.39 is 5.91 Å². The molecule has 0 saturated carbocycles. The van der Waals surface area contributed by atoms with Gasteiger partial charge in [0, 0.05) is 6.54 Å². The number of hydrogen-bond donors (Lipinski definition) is 1. The average Bonchev–Trinajstić information content (AvgIpc) is 2.71. The van der Waals surface area contributed by atoms with Crippen molar-refractivity contribution in [3.05, 3.63) is 63.6 Å². The Bertz CT molecular complexity index is 944. The summed E-state index contributed by atoms with van der Waals surface area (Å²) in [5.74, 6) is 0.322. The topological polar surface area (TPSA) is 95.1 Å². The third-order valence-corrected chi connectivity index (χ3v) is 4.34. The van der Waals surface area contributed by atoms with Gasteiger partial charge in [-0.15, -0.1) is 0 Å². The Labute approximate surface area is 172 Å². The largest absolute Gasteiger partial charge is 0.493 e. The normalized spacial score (nSPS) is 10.5. The Morgan fingerprint density at radius 2 is 2.00 bits per heavy atom. The number of nitrogens with zero attached hydrogens (tertiary/aromatic N) is 2. The van der Waals surface area contributed by atoms with E-state index in [2.05, 4.69) is 21.2 Å². The van der Waals surface area contributed by atoms with Gasteiger partial charge in [0.15, 0.2) is 18.1 Å². The van der Waals surface area contributed by atoms with Gasteiger partial charge in [-0.1, -0.05) is 30.3 Å². The first kappa shape index (κ1) is 21.0. The maximum absolute atomic E-state index is 12.3. The zero-order valence-corrected chi connectivity index (χ0v) is 16.8. The second-order valence-corrected chi connectivity index (χ2v) is 6.50. The number of halogens is 1. The van der Waals surface area contributed by atoms with Gasteiger partial charge in [-0.05, 0) is 51.7 Å². The van der Waals surface area contributed by atoms with Gasteiger partial charge < -0.3 is 14.8 Å². The first-order valence-corrected chi connectivity index (χ1v) is 9.19. The summed E-state index contributed by atoms with van der Waals surface area (Å²) in [6.07, 6.45) is 2.15. The summed E-state index contributed by atoms with van der Waals surface area (Å²) in [6, 6.07) is 16.9. The molecule has 0 atom stereocenters. The minimum Gasteiger partial charge on any atom is -0.493 e. The fourth-order valence-corrected chi connectivity index (χ4v) is 3.02. The van der Waals surface area contributed by atoms with Crippen molar-refractivity contribution in [3.63, 3.8) is 0 Å². The standard InChI is InChI=1S/C21H18BrN3O3/c1-27-19-13-16(12-18(22)20(19)28-10-8-23)11-17(14-24)21(26)25-9-7-15-5-3-2-4-6-15/h2-6,11-13H,7,9-10H2,1H3,(H,25,26)/b17-11+. The summed E-state index contributed by atoms with van der Waals surface area (Å²) < 4.78 is 11.2. The highest BCUT2D eigenvalue weighted by Crippen LogP contribution is 2.37. The maximum Gasteiger partial charge on any atom is 0.261 e. The molecule has 7 heteroatoms. The van der Waals surface area contributed by atoms with Gasteiger partial charge in [0.2, 0.25) is 0 Å². The molecule has 28 heavy (non-hydrogen) atoms. The van der Waals surface area contributed by atoms with Crippen LogP contribution in [0.2, 0.25) is 0 Å². The third kappa shape index (κ3) is 5.87. The van der Waals surface area contributed by atoms with Gasteiger partial charge >= 0.3 is 0 Å². The highest BCUT2D eigenvalue weighted by Gasteiger charge is 2.13. The summed E-state index contributed by atoms with van der Waals surface area (Å²) in [4.78, 5) is 12.3. The van der Waals surface area contributed by atoms with Crippen molar-refractivity contribution < 1.29 is 14.3 Å². The number of methoxy groups -OCH3 is 1. The number of carbonyl (C=O) groups excluding carboxylic acids is 1. The predicted octanol–water partition coefficient (Wildman–Crippen LogP) is 3.63. The van der Waals surface area contributed by atoms with E-state index in [4.69, 9.17) is 14.7 Å². The molecule has 2 rings (SSSR count). The SMILES string of the molecule is COc1cc(/C=C(\C#N)C(=O)NCCc2ccccc2)cc(Br)c1OCC#N. The number of hydrogen-bond acceptors (Lipinski definition) is 5. The molecular formula is C21H18BrN3O3. The molecule has 1 amide bonds. The Balaban J connectivity index is 2.12. The zero-order chi connectivity index (χ0) is 20.4. The lowest BCUT2D eigenvalue weighted by atomic mass is 10.1. The minimum atomic E-state index is -0.446. The molecule has 2 aromatic rings. The van der Waals surface area contributed by atoms with Crippen LogP contribution in [0, 0.1) is 22.7 Å². The van der Waals surface area contributed by atoms with Crippen LogP contribution < -0.4 is 14.8 Å². The van der Waals surface area contributed by atoms with Crippen molar-refractivity contribution in [1.29, 1.82) is 10.5 Å². The number of carbonyl (C=O) groups is 1. The van der Waals surface area contributed by atoms with Crippen LogP contribution in [0.3, 0.4) is 0 Å². The van der Waals surface area contributed by atoms with E-state index in [1.807, 2.05) is 42.5 Å². The van der Waals surface area contributed by atoms with Gasteiger partial charge in [0.1, 0.15) is 17.7 Å². The lowest BCUT2D eigenvalue weighted by Crippen LogP contribution is -2.26. The maximum atomic E-state index is 12.3. The van der Waals surface area contributed by atoms with Crippen LogP contribution in [0.4, 0.5) is 0 Å². The van der Waals surface area contributed by atoms with Crippen molar-refractivity contribution in [2.45, 2.75) is 6.42 Å². The van der Waals surface area contributed by atoms with Crippen molar-refractivity contribution in [2.24, 2.45) is 0 Å². The van der Waals surface area contributed by atoms with Crippen LogP contribution in [-0.2, 0) is 11.2 Å². The number of nitriles is 2. The van der Waals surface area contributed by atoms with Crippen LogP contribution in [0.25, 0.3) is 6.08 Å². The number of nitrogens with one attached hydrogen (secondary N) is 1. The molecule has 142 valence electrons. The Hall–Kier alpha value is -3.29. The molecule has 0 unspecified atom stereocenters. The predicted molar refractivity (Wildman–Crippen MR) is 109 cm³/mol. The molecular weight excluding hydrogens is 422 g/mol. The van der Waals surface area contributed by atoms with E-state index in [0.29, 0.717) is 34.5 Å². The molecule has 0 radical (unpaired) electrons. The van der Waals surface area contributed by atoms with Crippen LogP contribution >= 0.6 is 15.9 Å². The van der Waals surface area contributed by atoms with E-state index in [1.54, 1.807) is 12.1 Å². The van der Waals surface area contributed by atoms with Gasteiger partial charge in [-0.25, -0.2) is 0 Å². The molecule has 0 aliphatic rings. The Morgan fingerprint density at radius 1 is 1.25 bits per heavy atom. The first-order valence-electron chi connectivity index (χ1n) is 8.40. The molecule has 0 saturated heterocycles. The van der Waals surface area contributed by atoms with E-state index in [1.165, 1.54) is 13.2 Å². The van der Waals surface area contributed by atoms with Gasteiger partial charge in [-0.2, -0.15) is 10.5 Å². The number of rotatable bonds is 8. The van der Waals surface area contributed by atoms with Gasteiger partial charge in [0.05, 0.1) is 11.6 Å². The molecule has 2 aromatic carbocycles. The molecule has 0 spiro atoms. The van der Waals surface area contributed by atoms with Crippen LogP contribution in [0.5, 0.6) is 11.5 Å². The second kappa shape index (κ2) is 10.8. The van der Waals surface area contributed by atoms with E-state index >= 15 is 0 Å². The smallest absolute Gasteiger partial charge is 0.261 e. The Kier molecular flexibility index (Phi) is 8.08. The van der Waals surface area contributed by atoms with Crippen molar-refractivity contribution >= 4 is 27.9 Å². The van der Waals surface area contributed by atoms with E-state index in [-0.39, 0.29) is 12.2 Å². The molecule has 0 bridgehead atoms. The highest BCUT2D eigenvalue weighted by molar-refractivity contribution is 9.10. The number of benzene rings is 2. The van der Waals surface area contributed by atoms with Gasteiger partial charge in [0.25, 0.3) is 5.91 Å². The monoisotopic (exact) mass is 439 g/mol. The van der Waals surface area contributed by atoms with Crippen molar-refractivity contribution in [2.75, 3.05) is 20.3 Å². The highest BCUT2D eigenvalue weighted by atomic mass is 79.9. The van der Waals surface area contributed by atoms with Crippen molar-refractivity contribution in [3.8, 4) is 23.6 Å². The fourth-order valence-electron chi connectivity index (χ4n) is 2.44. The quantitative estimate of drug-likeness (QED) is 0.500. The van der Waals surface area contributed by atoms with Crippen molar-refractivity contribution in [1.82, 2.24) is 5.32 Å². The van der Waals surface area contributed by atoms with Crippen LogP contribution in [0.15, 0.2) is 52.5 Å². The Morgan fingerprint density at radius 3 is 2.64 bits per heavy atom. The zero-order valence-electron chi connectivity index (χ0n) is 15.2. The summed E-state index contributed by atoms with van der Waals surface area (Å²) in [7, 11) is 1.47. The average molecular weight is 440 g/mol. The molecule has 1 N–H and O–H groups in total. The number of ether oxygens (including phenoxy) is 2. The lowest BCUT2D eigenvalue weighted by Gasteiger charge is -2.11. The van der Waals surface area contributed by atoms with Gasteiger partial charge in [-0.3, -0.25) is 4.79 Å². The molecule has 6 nitrogen and oxygen atoms in total. The lowest BCUT2D eigenvalue weighted by molar-refractivity contribution is -0.117. The molecule has 0 aliphatic carbocycles. The summed E-state index contributed by atoms with van der Waals surface area (Å²) in [5.41, 5.74) is 1.67. The van der Waals surface area contributed by atoms with Crippen LogP contribution in [-0.4, -0.2) is 26.2 Å². The summed E-state index contributed by atoms with van der Waals surface area (Å²) in [6.45, 7) is 0.299. The molecule has 0 aliphatic heterocycles. The molecule has 0 heterocycles. The van der Waals surface area contributed by atoms with Crippen LogP contribution in [0.1, 0.15) is 11.1 Å². The van der Waals surface area contributed by atoms with E-state index in [0.717, 1.165) is 5.56 Å². The van der Waals surface area contributed by atoms with E-state index in [9.17, 15) is 10.1 Å². The fraction of sp³-hybridized carbons (Fsp3) is 0.190. The number of amides is 1. The first-order chi connectivity index (χ1) is 13.6. The summed E-state index contributed by atoms with van der Waals surface area (Å²) >= 11 is 3.36.